The second-order valence-electron chi connectivity index (χ2n) is 4.07. The summed E-state index contributed by atoms with van der Waals surface area (Å²) in [4.78, 5) is 30.3. The van der Waals surface area contributed by atoms with Gasteiger partial charge < -0.3 is 5.11 Å². The molecule has 0 aliphatic carbocycles. The van der Waals surface area contributed by atoms with Crippen LogP contribution in [-0.4, -0.2) is 26.6 Å². The Morgan fingerprint density at radius 1 is 1.29 bits per heavy atom. The fourth-order valence-corrected chi connectivity index (χ4v) is 1.38. The Kier molecular flexibility index (Phi) is 5.29. The van der Waals surface area contributed by atoms with E-state index in [1.54, 1.807) is 6.92 Å². The van der Waals surface area contributed by atoms with Crippen LogP contribution < -0.4 is 5.43 Å². The van der Waals surface area contributed by atoms with Crippen LogP contribution in [0, 0.1) is 20.2 Å². The summed E-state index contributed by atoms with van der Waals surface area (Å²) in [6.07, 6.45) is 0.0719. The van der Waals surface area contributed by atoms with E-state index in [-0.39, 0.29) is 18.5 Å². The van der Waals surface area contributed by atoms with Crippen LogP contribution in [0.5, 0.6) is 0 Å². The molecule has 0 aromatic heterocycles. The first kappa shape index (κ1) is 16.0. The van der Waals surface area contributed by atoms with Gasteiger partial charge in [0.15, 0.2) is 0 Å². The number of hydrogen-bond donors (Lipinski definition) is 2. The fourth-order valence-electron chi connectivity index (χ4n) is 1.38. The maximum absolute atomic E-state index is 10.9. The van der Waals surface area contributed by atoms with Gasteiger partial charge in [-0.2, -0.15) is 5.10 Å². The zero-order valence-corrected chi connectivity index (χ0v) is 11.0. The van der Waals surface area contributed by atoms with Crippen molar-refractivity contribution in [3.8, 4) is 0 Å². The first-order valence-electron chi connectivity index (χ1n) is 5.75. The first-order valence-corrected chi connectivity index (χ1v) is 5.75. The lowest BCUT2D eigenvalue weighted by molar-refractivity contribution is -0.393. The minimum Gasteiger partial charge on any atom is -0.481 e. The number of aliphatic carboxylic acids is 1. The number of carboxylic acids is 1. The van der Waals surface area contributed by atoms with Crippen molar-refractivity contribution in [2.24, 2.45) is 5.10 Å². The lowest BCUT2D eigenvalue weighted by atomic mass is 10.2. The molecular weight excluding hydrogens is 284 g/mol. The Morgan fingerprint density at radius 2 is 1.95 bits per heavy atom. The molecular formula is C11H12N4O6. The number of carbonyl (C=O) groups is 1. The van der Waals surface area contributed by atoms with E-state index in [0.29, 0.717) is 5.71 Å². The van der Waals surface area contributed by atoms with E-state index in [1.165, 1.54) is 6.07 Å². The number of nitro benzene ring substituents is 2. The zero-order chi connectivity index (χ0) is 16.0. The van der Waals surface area contributed by atoms with Crippen LogP contribution in [0.25, 0.3) is 0 Å². The van der Waals surface area contributed by atoms with Gasteiger partial charge in [0.05, 0.1) is 22.3 Å². The molecule has 0 radical (unpaired) electrons. The molecule has 1 aromatic carbocycles. The minimum atomic E-state index is -0.981. The summed E-state index contributed by atoms with van der Waals surface area (Å²) >= 11 is 0. The number of nitrogens with one attached hydrogen (secondary N) is 1. The molecule has 0 amide bonds. The highest BCUT2D eigenvalue weighted by molar-refractivity contribution is 5.86. The van der Waals surface area contributed by atoms with E-state index < -0.39 is 27.2 Å². The van der Waals surface area contributed by atoms with Crippen LogP contribution in [0.1, 0.15) is 19.8 Å². The number of nitrogens with zero attached hydrogens (tertiary/aromatic N) is 3. The summed E-state index contributed by atoms with van der Waals surface area (Å²) in [5.41, 5.74) is 1.95. The summed E-state index contributed by atoms with van der Waals surface area (Å²) in [5.74, 6) is -0.981. The largest absolute Gasteiger partial charge is 0.481 e. The van der Waals surface area contributed by atoms with Crippen LogP contribution in [0.2, 0.25) is 0 Å². The van der Waals surface area contributed by atoms with E-state index in [1.807, 2.05) is 0 Å². The quantitative estimate of drug-likeness (QED) is 0.444. The Labute approximate surface area is 118 Å². The highest BCUT2D eigenvalue weighted by Gasteiger charge is 2.19. The van der Waals surface area contributed by atoms with Crippen LogP contribution in [0.15, 0.2) is 23.3 Å². The van der Waals surface area contributed by atoms with Gasteiger partial charge in [0.1, 0.15) is 5.69 Å². The number of nitro groups is 2. The molecule has 0 heterocycles. The molecule has 0 saturated heterocycles. The van der Waals surface area contributed by atoms with Gasteiger partial charge in [-0.3, -0.25) is 30.4 Å². The fraction of sp³-hybridized carbons (Fsp3) is 0.273. The second kappa shape index (κ2) is 6.93. The topological polar surface area (TPSA) is 148 Å². The Morgan fingerprint density at radius 3 is 2.48 bits per heavy atom. The molecule has 0 fully saturated rings. The molecule has 2 N–H and O–H groups in total. The van der Waals surface area contributed by atoms with Gasteiger partial charge in [-0.15, -0.1) is 0 Å². The molecule has 0 bridgehead atoms. The minimum absolute atomic E-state index is 0.0136. The Bertz CT molecular complexity index is 613. The summed E-state index contributed by atoms with van der Waals surface area (Å²) < 4.78 is 0. The van der Waals surface area contributed by atoms with Gasteiger partial charge in [-0.05, 0) is 19.4 Å². The summed E-state index contributed by atoms with van der Waals surface area (Å²) in [6.45, 7) is 1.56. The van der Waals surface area contributed by atoms with Crippen molar-refractivity contribution >= 4 is 28.7 Å². The molecule has 10 heteroatoms. The third kappa shape index (κ3) is 4.86. The van der Waals surface area contributed by atoms with E-state index in [9.17, 15) is 25.0 Å². The number of rotatable bonds is 7. The molecule has 10 nitrogen and oxygen atoms in total. The Hall–Kier alpha value is -3.04. The molecule has 0 spiro atoms. The van der Waals surface area contributed by atoms with Crippen molar-refractivity contribution < 1.29 is 19.7 Å². The van der Waals surface area contributed by atoms with Gasteiger partial charge in [-0.1, -0.05) is 0 Å². The van der Waals surface area contributed by atoms with Gasteiger partial charge in [-0.25, -0.2) is 0 Å². The van der Waals surface area contributed by atoms with Crippen molar-refractivity contribution in [1.29, 1.82) is 0 Å². The standard InChI is InChI=1S/C11H12N4O6/c1-7(2-5-11(16)17)12-13-9-4-3-8(14(18)19)6-10(9)15(20)21/h3-4,6,13H,2,5H2,1H3,(H,16,17)/b12-7+. The average Bonchev–Trinajstić information content (AvgIpc) is 2.42. The van der Waals surface area contributed by atoms with E-state index in [4.69, 9.17) is 5.11 Å². The Balaban J connectivity index is 2.92. The number of carboxylic acid groups (broad SMARTS) is 1. The third-order valence-corrected chi connectivity index (χ3v) is 2.46. The molecule has 0 unspecified atom stereocenters. The SMILES string of the molecule is C/C(CCC(=O)O)=N\Nc1ccc([N+](=O)[O-])cc1[N+](=O)[O-]. The van der Waals surface area contributed by atoms with Crippen molar-refractivity contribution in [3.63, 3.8) is 0 Å². The smallest absolute Gasteiger partial charge is 0.303 e. The number of anilines is 1. The normalized spacial score (nSPS) is 11.0. The van der Waals surface area contributed by atoms with Gasteiger partial charge >= 0.3 is 11.7 Å². The summed E-state index contributed by atoms with van der Waals surface area (Å²) in [6, 6.07) is 3.10. The van der Waals surface area contributed by atoms with Crippen molar-refractivity contribution in [2.45, 2.75) is 19.8 Å². The highest BCUT2D eigenvalue weighted by atomic mass is 16.6. The third-order valence-electron chi connectivity index (χ3n) is 2.46. The molecule has 0 saturated carbocycles. The number of benzene rings is 1. The maximum Gasteiger partial charge on any atom is 0.303 e. The van der Waals surface area contributed by atoms with Gasteiger partial charge in [0.2, 0.25) is 0 Å². The summed E-state index contributed by atoms with van der Waals surface area (Å²) in [7, 11) is 0. The monoisotopic (exact) mass is 296 g/mol. The van der Waals surface area contributed by atoms with E-state index in [2.05, 4.69) is 10.5 Å². The highest BCUT2D eigenvalue weighted by Crippen LogP contribution is 2.28. The lowest BCUT2D eigenvalue weighted by Gasteiger charge is -2.03. The molecule has 112 valence electrons. The molecule has 0 atom stereocenters. The molecule has 0 aliphatic heterocycles. The lowest BCUT2D eigenvalue weighted by Crippen LogP contribution is -2.03. The second-order valence-corrected chi connectivity index (χ2v) is 4.07. The molecule has 0 aliphatic rings. The van der Waals surface area contributed by atoms with Crippen molar-refractivity contribution in [2.75, 3.05) is 5.43 Å². The van der Waals surface area contributed by atoms with Crippen molar-refractivity contribution in [1.82, 2.24) is 0 Å². The number of hydrogen-bond acceptors (Lipinski definition) is 7. The van der Waals surface area contributed by atoms with Crippen LogP contribution in [0.3, 0.4) is 0 Å². The molecule has 1 aromatic rings. The van der Waals surface area contributed by atoms with Gasteiger partial charge in [0.25, 0.3) is 5.69 Å². The zero-order valence-electron chi connectivity index (χ0n) is 11.0. The van der Waals surface area contributed by atoms with Crippen LogP contribution in [0.4, 0.5) is 17.1 Å². The first-order chi connectivity index (χ1) is 9.81. The predicted octanol–water partition coefficient (Wildman–Crippen LogP) is 2.16. The van der Waals surface area contributed by atoms with Crippen LogP contribution >= 0.6 is 0 Å². The molecule has 21 heavy (non-hydrogen) atoms. The molecule has 1 rings (SSSR count). The predicted molar refractivity (Wildman–Crippen MR) is 73.4 cm³/mol. The van der Waals surface area contributed by atoms with Crippen LogP contribution in [-0.2, 0) is 4.79 Å². The number of non-ortho nitro benzene ring substituents is 1. The maximum atomic E-state index is 10.9. The van der Waals surface area contributed by atoms with E-state index >= 15 is 0 Å². The number of hydrazone groups is 1. The average molecular weight is 296 g/mol. The van der Waals surface area contributed by atoms with E-state index in [0.717, 1.165) is 12.1 Å². The van der Waals surface area contributed by atoms with Gasteiger partial charge in [0, 0.05) is 11.8 Å². The summed E-state index contributed by atoms with van der Waals surface area (Å²) in [5, 5.41) is 33.8. The van der Waals surface area contributed by atoms with Crippen molar-refractivity contribution in [3.05, 3.63) is 38.4 Å².